The molecule has 0 amide bonds. The number of aromatic nitrogens is 1. The predicted molar refractivity (Wildman–Crippen MR) is 63.6 cm³/mol. The molecule has 0 aliphatic rings. The van der Waals surface area contributed by atoms with Crippen LogP contribution in [-0.2, 0) is 6.54 Å². The molecule has 0 unspecified atom stereocenters. The van der Waals surface area contributed by atoms with Gasteiger partial charge in [-0.25, -0.2) is 4.39 Å². The monoisotopic (exact) mass is 252 g/mol. The lowest BCUT2D eigenvalue weighted by Gasteiger charge is -2.10. The van der Waals surface area contributed by atoms with Gasteiger partial charge in [-0.2, -0.15) is 0 Å². The van der Waals surface area contributed by atoms with Crippen LogP contribution in [0.15, 0.2) is 36.7 Å². The average Bonchev–Trinajstić information content (AvgIpc) is 2.35. The van der Waals surface area contributed by atoms with E-state index >= 15 is 0 Å². The van der Waals surface area contributed by atoms with Crippen molar-refractivity contribution in [2.24, 2.45) is 5.73 Å². The second-order valence-electron chi connectivity index (χ2n) is 3.34. The molecule has 88 valence electrons. The molecule has 0 bridgehead atoms. The Kier molecular flexibility index (Phi) is 3.56. The molecule has 0 saturated heterocycles. The highest BCUT2D eigenvalue weighted by molar-refractivity contribution is 6.30. The summed E-state index contributed by atoms with van der Waals surface area (Å²) in [4.78, 5) is 3.92. The molecule has 1 aromatic carbocycles. The van der Waals surface area contributed by atoms with Crippen LogP contribution in [0, 0.1) is 5.82 Å². The van der Waals surface area contributed by atoms with E-state index in [1.54, 1.807) is 24.5 Å². The minimum atomic E-state index is -0.589. The van der Waals surface area contributed by atoms with Gasteiger partial charge in [-0.05, 0) is 18.2 Å². The number of ether oxygens (including phenoxy) is 1. The van der Waals surface area contributed by atoms with Crippen molar-refractivity contribution in [1.29, 1.82) is 0 Å². The lowest BCUT2D eigenvalue weighted by molar-refractivity contribution is 0.437. The minimum Gasteiger partial charge on any atom is -0.454 e. The normalized spacial score (nSPS) is 10.3. The molecule has 0 saturated carbocycles. The Bertz CT molecular complexity index is 534. The summed E-state index contributed by atoms with van der Waals surface area (Å²) >= 11 is 5.66. The highest BCUT2D eigenvalue weighted by Gasteiger charge is 2.10. The van der Waals surface area contributed by atoms with Gasteiger partial charge in [0.15, 0.2) is 11.6 Å². The van der Waals surface area contributed by atoms with E-state index in [9.17, 15) is 4.39 Å². The Morgan fingerprint density at radius 3 is 2.88 bits per heavy atom. The molecule has 1 heterocycles. The van der Waals surface area contributed by atoms with Gasteiger partial charge in [-0.15, -0.1) is 0 Å². The summed E-state index contributed by atoms with van der Waals surface area (Å²) in [7, 11) is 0. The molecule has 1 aromatic heterocycles. The first-order valence-corrected chi connectivity index (χ1v) is 5.35. The van der Waals surface area contributed by atoms with Crippen LogP contribution < -0.4 is 10.5 Å². The van der Waals surface area contributed by atoms with E-state index in [-0.39, 0.29) is 17.3 Å². The topological polar surface area (TPSA) is 48.1 Å². The lowest BCUT2D eigenvalue weighted by atomic mass is 10.2. The molecule has 2 N–H and O–H groups in total. The van der Waals surface area contributed by atoms with Gasteiger partial charge in [-0.3, -0.25) is 4.98 Å². The molecule has 3 nitrogen and oxygen atoms in total. The third kappa shape index (κ3) is 2.54. The number of benzene rings is 1. The molecular formula is C12H10ClFN2O. The third-order valence-corrected chi connectivity index (χ3v) is 2.51. The summed E-state index contributed by atoms with van der Waals surface area (Å²) in [5.74, 6) is -0.0454. The molecule has 17 heavy (non-hydrogen) atoms. The molecule has 0 aliphatic carbocycles. The summed E-state index contributed by atoms with van der Waals surface area (Å²) in [5, 5.41) is 0.0193. The first kappa shape index (κ1) is 11.8. The van der Waals surface area contributed by atoms with Crippen molar-refractivity contribution in [2.45, 2.75) is 6.54 Å². The maximum atomic E-state index is 13.6. The third-order valence-electron chi connectivity index (χ3n) is 2.21. The molecule has 0 radical (unpaired) electrons. The van der Waals surface area contributed by atoms with Gasteiger partial charge in [0, 0.05) is 24.5 Å². The predicted octanol–water partition coefficient (Wildman–Crippen LogP) is 3.13. The molecule has 0 atom stereocenters. The second kappa shape index (κ2) is 5.12. The van der Waals surface area contributed by atoms with Gasteiger partial charge in [0.1, 0.15) is 5.75 Å². The summed E-state index contributed by atoms with van der Waals surface area (Å²) in [5.41, 5.74) is 6.23. The van der Waals surface area contributed by atoms with Gasteiger partial charge < -0.3 is 10.5 Å². The molecule has 5 heteroatoms. The van der Waals surface area contributed by atoms with Crippen LogP contribution in [0.25, 0.3) is 0 Å². The number of nitrogens with zero attached hydrogens (tertiary/aromatic N) is 1. The van der Waals surface area contributed by atoms with Crippen molar-refractivity contribution in [2.75, 3.05) is 0 Å². The van der Waals surface area contributed by atoms with Crippen LogP contribution in [0.3, 0.4) is 0 Å². The van der Waals surface area contributed by atoms with Crippen LogP contribution >= 0.6 is 11.6 Å². The lowest BCUT2D eigenvalue weighted by Crippen LogP contribution is -2.00. The molecule has 2 aromatic rings. The molecule has 0 spiro atoms. The zero-order valence-electron chi connectivity index (χ0n) is 8.86. The van der Waals surface area contributed by atoms with Crippen LogP contribution in [0.4, 0.5) is 4.39 Å². The molecule has 0 aliphatic heterocycles. The van der Waals surface area contributed by atoms with Gasteiger partial charge in [-0.1, -0.05) is 17.7 Å². The molecular weight excluding hydrogens is 243 g/mol. The number of halogens is 2. The number of nitrogens with two attached hydrogens (primary N) is 1. The van der Waals surface area contributed by atoms with Gasteiger partial charge >= 0.3 is 0 Å². The number of hydrogen-bond donors (Lipinski definition) is 1. The van der Waals surface area contributed by atoms with Crippen LogP contribution in [0.2, 0.25) is 5.02 Å². The molecule has 0 fully saturated rings. The second-order valence-corrected chi connectivity index (χ2v) is 3.75. The fourth-order valence-electron chi connectivity index (χ4n) is 1.35. The first-order valence-electron chi connectivity index (χ1n) is 4.97. The standard InChI is InChI=1S/C12H10ClFN2O/c13-9-2-1-3-11(12(9)14)17-10-4-5-16-7-8(10)6-15/h1-5,7H,6,15H2. The highest BCUT2D eigenvalue weighted by Crippen LogP contribution is 2.29. The smallest absolute Gasteiger partial charge is 0.184 e. The Labute approximate surface area is 103 Å². The fourth-order valence-corrected chi connectivity index (χ4v) is 1.51. The largest absolute Gasteiger partial charge is 0.454 e. The van der Waals surface area contributed by atoms with Gasteiger partial charge in [0.2, 0.25) is 0 Å². The highest BCUT2D eigenvalue weighted by atomic mass is 35.5. The van der Waals surface area contributed by atoms with Crippen LogP contribution in [0.5, 0.6) is 11.5 Å². The van der Waals surface area contributed by atoms with Crippen molar-refractivity contribution in [1.82, 2.24) is 4.98 Å². The van der Waals surface area contributed by atoms with Crippen molar-refractivity contribution in [3.05, 3.63) is 53.1 Å². The average molecular weight is 253 g/mol. The van der Waals surface area contributed by atoms with Crippen LogP contribution in [-0.4, -0.2) is 4.98 Å². The van der Waals surface area contributed by atoms with E-state index in [1.807, 2.05) is 0 Å². The van der Waals surface area contributed by atoms with E-state index < -0.39 is 5.82 Å². The SMILES string of the molecule is NCc1cnccc1Oc1cccc(Cl)c1F. The Hall–Kier alpha value is -1.65. The summed E-state index contributed by atoms with van der Waals surface area (Å²) in [6.45, 7) is 0.269. The number of pyridine rings is 1. The Morgan fingerprint density at radius 1 is 1.29 bits per heavy atom. The minimum absolute atomic E-state index is 0.0193. The maximum absolute atomic E-state index is 13.6. The Morgan fingerprint density at radius 2 is 2.12 bits per heavy atom. The first-order chi connectivity index (χ1) is 8.22. The van der Waals surface area contributed by atoms with E-state index in [1.165, 1.54) is 12.1 Å². The fraction of sp³-hybridized carbons (Fsp3) is 0.0833. The number of rotatable bonds is 3. The van der Waals surface area contributed by atoms with E-state index in [2.05, 4.69) is 4.98 Å². The molecule has 2 rings (SSSR count). The number of hydrogen-bond acceptors (Lipinski definition) is 3. The van der Waals surface area contributed by atoms with Crippen molar-refractivity contribution in [3.8, 4) is 11.5 Å². The van der Waals surface area contributed by atoms with E-state index in [4.69, 9.17) is 22.1 Å². The zero-order chi connectivity index (χ0) is 12.3. The van der Waals surface area contributed by atoms with Crippen molar-refractivity contribution >= 4 is 11.6 Å². The van der Waals surface area contributed by atoms with E-state index in [0.29, 0.717) is 11.3 Å². The summed E-state index contributed by atoms with van der Waals surface area (Å²) in [6, 6.07) is 6.20. The zero-order valence-corrected chi connectivity index (χ0v) is 9.62. The summed E-state index contributed by atoms with van der Waals surface area (Å²) < 4.78 is 19.1. The van der Waals surface area contributed by atoms with E-state index in [0.717, 1.165) is 0 Å². The van der Waals surface area contributed by atoms with Gasteiger partial charge in [0.25, 0.3) is 0 Å². The quantitative estimate of drug-likeness (QED) is 0.913. The van der Waals surface area contributed by atoms with Crippen LogP contribution in [0.1, 0.15) is 5.56 Å². The van der Waals surface area contributed by atoms with Gasteiger partial charge in [0.05, 0.1) is 5.02 Å². The van der Waals surface area contributed by atoms with Crippen molar-refractivity contribution < 1.29 is 9.13 Å². The Balaban J connectivity index is 2.35. The van der Waals surface area contributed by atoms with Crippen molar-refractivity contribution in [3.63, 3.8) is 0 Å². The summed E-state index contributed by atoms with van der Waals surface area (Å²) in [6.07, 6.45) is 3.13. The maximum Gasteiger partial charge on any atom is 0.184 e.